The van der Waals surface area contributed by atoms with Gasteiger partial charge in [-0.15, -0.1) is 12.4 Å². The predicted octanol–water partition coefficient (Wildman–Crippen LogP) is 2.89. The molecular formula is C13H14ClF2NO. The second kappa shape index (κ2) is 5.61. The van der Waals surface area contributed by atoms with Gasteiger partial charge in [0.1, 0.15) is 6.61 Å². The van der Waals surface area contributed by atoms with E-state index >= 15 is 0 Å². The summed E-state index contributed by atoms with van der Waals surface area (Å²) in [5.41, 5.74) is 5.79. The van der Waals surface area contributed by atoms with Crippen LogP contribution < -0.4 is 5.73 Å². The second-order valence-electron chi connectivity index (χ2n) is 4.00. The van der Waals surface area contributed by atoms with Crippen molar-refractivity contribution in [2.75, 3.05) is 6.61 Å². The molecule has 0 bridgehead atoms. The molecule has 0 aromatic heterocycles. The minimum Gasteiger partial charge on any atom is -0.390 e. The number of benzene rings is 2. The third-order valence-electron chi connectivity index (χ3n) is 2.80. The lowest BCUT2D eigenvalue weighted by atomic mass is 9.98. The number of aliphatic hydroxyl groups excluding tert-OH is 1. The average Bonchev–Trinajstić information content (AvgIpc) is 2.37. The maximum absolute atomic E-state index is 13.3. The quantitative estimate of drug-likeness (QED) is 0.903. The Bertz CT molecular complexity index is 533. The van der Waals surface area contributed by atoms with E-state index in [-0.39, 0.29) is 12.4 Å². The Labute approximate surface area is 110 Å². The molecule has 5 heteroatoms. The lowest BCUT2D eigenvalue weighted by Crippen LogP contribution is -2.36. The molecule has 2 rings (SSSR count). The van der Waals surface area contributed by atoms with E-state index in [0.29, 0.717) is 5.56 Å². The first kappa shape index (κ1) is 14.8. The molecule has 2 aromatic carbocycles. The molecule has 0 aliphatic rings. The molecule has 0 heterocycles. The number of nitrogens with two attached hydrogens (primary N) is 1. The topological polar surface area (TPSA) is 46.2 Å². The van der Waals surface area contributed by atoms with Crippen molar-refractivity contribution in [2.45, 2.75) is 12.0 Å². The molecule has 2 nitrogen and oxygen atoms in total. The van der Waals surface area contributed by atoms with E-state index < -0.39 is 18.6 Å². The van der Waals surface area contributed by atoms with Gasteiger partial charge < -0.3 is 10.8 Å². The molecule has 0 aliphatic carbocycles. The molecule has 0 amide bonds. The summed E-state index contributed by atoms with van der Waals surface area (Å²) < 4.78 is 26.5. The highest BCUT2D eigenvalue weighted by atomic mass is 35.5. The van der Waals surface area contributed by atoms with Gasteiger partial charge in [0.2, 0.25) is 0 Å². The van der Waals surface area contributed by atoms with Gasteiger partial charge in [0.25, 0.3) is 5.92 Å². The van der Waals surface area contributed by atoms with Crippen molar-refractivity contribution in [1.29, 1.82) is 0 Å². The summed E-state index contributed by atoms with van der Waals surface area (Å²) in [5.74, 6) is -3.30. The summed E-state index contributed by atoms with van der Waals surface area (Å²) in [6, 6.07) is 10.9. The van der Waals surface area contributed by atoms with Gasteiger partial charge in [-0.3, -0.25) is 0 Å². The zero-order valence-corrected chi connectivity index (χ0v) is 10.3. The van der Waals surface area contributed by atoms with Gasteiger partial charge in [-0.05, 0) is 22.4 Å². The van der Waals surface area contributed by atoms with Crippen LogP contribution in [-0.2, 0) is 0 Å². The van der Waals surface area contributed by atoms with E-state index in [0.717, 1.165) is 10.8 Å². The van der Waals surface area contributed by atoms with Crippen molar-refractivity contribution in [3.05, 3.63) is 48.0 Å². The zero-order chi connectivity index (χ0) is 12.5. The Kier molecular flexibility index (Phi) is 4.62. The minimum absolute atomic E-state index is 0. The number of fused-ring (bicyclic) bond motifs is 1. The molecule has 0 unspecified atom stereocenters. The zero-order valence-electron chi connectivity index (χ0n) is 9.51. The Morgan fingerprint density at radius 2 is 1.72 bits per heavy atom. The molecule has 18 heavy (non-hydrogen) atoms. The fraction of sp³-hybridized carbons (Fsp3) is 0.231. The van der Waals surface area contributed by atoms with Crippen LogP contribution in [0, 0.1) is 0 Å². The van der Waals surface area contributed by atoms with Crippen LogP contribution in [0.5, 0.6) is 0 Å². The molecule has 0 radical (unpaired) electrons. The van der Waals surface area contributed by atoms with Crippen molar-refractivity contribution < 1.29 is 13.9 Å². The van der Waals surface area contributed by atoms with Crippen molar-refractivity contribution in [3.8, 4) is 0 Å². The van der Waals surface area contributed by atoms with E-state index in [1.54, 1.807) is 18.2 Å². The van der Waals surface area contributed by atoms with Gasteiger partial charge in [0.15, 0.2) is 0 Å². The monoisotopic (exact) mass is 273 g/mol. The summed E-state index contributed by atoms with van der Waals surface area (Å²) in [5, 5.41) is 10.4. The number of hydrogen-bond donors (Lipinski definition) is 2. The van der Waals surface area contributed by atoms with Crippen LogP contribution in [0.2, 0.25) is 0 Å². The molecule has 1 atom stereocenters. The van der Waals surface area contributed by atoms with Crippen molar-refractivity contribution in [3.63, 3.8) is 0 Å². The van der Waals surface area contributed by atoms with Gasteiger partial charge in [0, 0.05) is 0 Å². The molecule has 0 saturated carbocycles. The Balaban J connectivity index is 0.00000162. The Morgan fingerprint density at radius 1 is 1.11 bits per heavy atom. The van der Waals surface area contributed by atoms with Gasteiger partial charge >= 0.3 is 0 Å². The molecule has 0 saturated heterocycles. The Morgan fingerprint density at radius 3 is 2.33 bits per heavy atom. The first-order valence-corrected chi connectivity index (χ1v) is 5.27. The predicted molar refractivity (Wildman–Crippen MR) is 70.2 cm³/mol. The lowest BCUT2D eigenvalue weighted by Gasteiger charge is -2.21. The average molecular weight is 274 g/mol. The molecule has 98 valence electrons. The number of rotatable bonds is 3. The lowest BCUT2D eigenvalue weighted by molar-refractivity contribution is -0.0711. The molecule has 0 spiro atoms. The minimum atomic E-state index is -3.30. The fourth-order valence-corrected chi connectivity index (χ4v) is 1.74. The van der Waals surface area contributed by atoms with Crippen LogP contribution in [0.25, 0.3) is 10.8 Å². The van der Waals surface area contributed by atoms with Crippen molar-refractivity contribution in [1.82, 2.24) is 0 Å². The van der Waals surface area contributed by atoms with Crippen molar-refractivity contribution >= 4 is 23.2 Å². The number of aliphatic hydroxyl groups is 1. The van der Waals surface area contributed by atoms with E-state index in [9.17, 15) is 8.78 Å². The smallest absolute Gasteiger partial charge is 0.289 e. The van der Waals surface area contributed by atoms with Crippen LogP contribution in [0.15, 0.2) is 42.5 Å². The van der Waals surface area contributed by atoms with Crippen molar-refractivity contribution in [2.24, 2.45) is 5.73 Å². The molecular weight excluding hydrogens is 260 g/mol. The summed E-state index contributed by atoms with van der Waals surface area (Å²) in [4.78, 5) is 0. The highest BCUT2D eigenvalue weighted by Gasteiger charge is 2.37. The number of halogens is 3. The van der Waals surface area contributed by atoms with Crippen LogP contribution in [-0.4, -0.2) is 17.6 Å². The van der Waals surface area contributed by atoms with Crippen LogP contribution in [0.3, 0.4) is 0 Å². The fourth-order valence-electron chi connectivity index (χ4n) is 1.74. The first-order valence-electron chi connectivity index (χ1n) is 5.27. The first-order chi connectivity index (χ1) is 8.04. The van der Waals surface area contributed by atoms with E-state index in [1.165, 1.54) is 0 Å². The molecule has 3 N–H and O–H groups in total. The maximum atomic E-state index is 13.3. The molecule has 0 aliphatic heterocycles. The van der Waals surface area contributed by atoms with E-state index in [1.807, 2.05) is 24.3 Å². The van der Waals surface area contributed by atoms with E-state index in [2.05, 4.69) is 0 Å². The van der Waals surface area contributed by atoms with Crippen LogP contribution in [0.1, 0.15) is 11.6 Å². The largest absolute Gasteiger partial charge is 0.390 e. The summed E-state index contributed by atoms with van der Waals surface area (Å²) >= 11 is 0. The summed E-state index contributed by atoms with van der Waals surface area (Å²) in [7, 11) is 0. The Hall–Kier alpha value is -1.23. The highest BCUT2D eigenvalue weighted by molar-refractivity contribution is 5.85. The van der Waals surface area contributed by atoms with Gasteiger partial charge in [0.05, 0.1) is 6.04 Å². The van der Waals surface area contributed by atoms with Crippen LogP contribution >= 0.6 is 12.4 Å². The second-order valence-corrected chi connectivity index (χ2v) is 4.00. The molecule has 2 aromatic rings. The van der Waals surface area contributed by atoms with Crippen LogP contribution in [0.4, 0.5) is 8.78 Å². The highest BCUT2D eigenvalue weighted by Crippen LogP contribution is 2.30. The maximum Gasteiger partial charge on any atom is 0.289 e. The van der Waals surface area contributed by atoms with Gasteiger partial charge in [-0.1, -0.05) is 36.4 Å². The number of alkyl halides is 2. The van der Waals surface area contributed by atoms with Gasteiger partial charge in [-0.2, -0.15) is 0 Å². The van der Waals surface area contributed by atoms with Gasteiger partial charge in [-0.25, -0.2) is 8.78 Å². The summed E-state index contributed by atoms with van der Waals surface area (Å²) in [6.07, 6.45) is 0. The normalized spacial score (nSPS) is 13.1. The van der Waals surface area contributed by atoms with E-state index in [4.69, 9.17) is 10.8 Å². The molecule has 0 fully saturated rings. The SMILES string of the molecule is Cl.N[C@H](c1ccc2ccccc2c1)C(F)(F)CO. The third-order valence-corrected chi connectivity index (χ3v) is 2.80. The standard InChI is InChI=1S/C13H13F2NO.ClH/c14-13(15,8-17)12(16)11-6-5-9-3-1-2-4-10(9)7-11;/h1-7,12,17H,8,16H2;1H/t12-;/m1./s1. The third kappa shape index (κ3) is 2.77. The summed E-state index contributed by atoms with van der Waals surface area (Å²) in [6.45, 7) is -1.25. The number of hydrogen-bond acceptors (Lipinski definition) is 2.